The van der Waals surface area contributed by atoms with Crippen LogP contribution in [-0.4, -0.2) is 38.3 Å². The first-order valence-electron chi connectivity index (χ1n) is 8.31. The highest BCUT2D eigenvalue weighted by molar-refractivity contribution is 5.80. The van der Waals surface area contributed by atoms with Crippen molar-refractivity contribution in [1.82, 2.24) is 15.6 Å². The minimum atomic E-state index is 0.169. The molecular formula is C19H26N4O2. The van der Waals surface area contributed by atoms with E-state index in [1.165, 1.54) is 5.56 Å². The average molecular weight is 342 g/mol. The van der Waals surface area contributed by atoms with Crippen molar-refractivity contribution in [2.75, 3.05) is 27.4 Å². The first-order valence-corrected chi connectivity index (χ1v) is 8.31. The lowest BCUT2D eigenvalue weighted by Gasteiger charge is -2.18. The second-order valence-electron chi connectivity index (χ2n) is 5.55. The molecule has 2 aromatic rings. The number of aliphatic imine (C=N–C) groups is 1. The summed E-state index contributed by atoms with van der Waals surface area (Å²) < 4.78 is 10.4. The largest absolute Gasteiger partial charge is 0.475 e. The summed E-state index contributed by atoms with van der Waals surface area (Å²) in [6, 6.07) is 14.3. The Labute approximate surface area is 149 Å². The molecule has 1 atom stereocenters. The summed E-state index contributed by atoms with van der Waals surface area (Å²) in [6.07, 6.45) is 1.79. The van der Waals surface area contributed by atoms with Gasteiger partial charge in [0.05, 0.1) is 12.6 Å². The fraction of sp³-hybridized carbons (Fsp3) is 0.368. The fourth-order valence-electron chi connectivity index (χ4n) is 2.24. The molecule has 0 fully saturated rings. The summed E-state index contributed by atoms with van der Waals surface area (Å²) in [5.74, 6) is 1.35. The third kappa shape index (κ3) is 6.43. The van der Waals surface area contributed by atoms with E-state index in [1.54, 1.807) is 20.4 Å². The lowest BCUT2D eigenvalue weighted by atomic mass is 10.1. The van der Waals surface area contributed by atoms with E-state index in [1.807, 2.05) is 30.3 Å². The Hall–Kier alpha value is -2.60. The van der Waals surface area contributed by atoms with Gasteiger partial charge in [-0.15, -0.1) is 0 Å². The Kier molecular flexibility index (Phi) is 7.72. The number of benzene rings is 1. The molecule has 2 rings (SSSR count). The summed E-state index contributed by atoms with van der Waals surface area (Å²) in [7, 11) is 3.41. The third-order valence-corrected chi connectivity index (χ3v) is 3.67. The van der Waals surface area contributed by atoms with Crippen molar-refractivity contribution >= 4 is 5.96 Å². The molecule has 2 N–H and O–H groups in total. The van der Waals surface area contributed by atoms with Crippen LogP contribution < -0.4 is 15.4 Å². The van der Waals surface area contributed by atoms with Gasteiger partial charge in [-0.2, -0.15) is 0 Å². The smallest absolute Gasteiger partial charge is 0.213 e. The van der Waals surface area contributed by atoms with Crippen LogP contribution in [0.5, 0.6) is 5.88 Å². The van der Waals surface area contributed by atoms with Gasteiger partial charge >= 0.3 is 0 Å². The van der Waals surface area contributed by atoms with Gasteiger partial charge in [-0.3, -0.25) is 4.99 Å². The Bertz CT molecular complexity index is 644. The number of pyridine rings is 1. The van der Waals surface area contributed by atoms with Crippen molar-refractivity contribution in [3.8, 4) is 5.88 Å². The van der Waals surface area contributed by atoms with E-state index in [0.29, 0.717) is 25.6 Å². The van der Waals surface area contributed by atoms with Crippen LogP contribution in [0, 0.1) is 0 Å². The van der Waals surface area contributed by atoms with Gasteiger partial charge < -0.3 is 20.1 Å². The molecule has 1 unspecified atom stereocenters. The highest BCUT2D eigenvalue weighted by atomic mass is 16.5. The summed E-state index contributed by atoms with van der Waals surface area (Å²) >= 11 is 0. The molecule has 1 aromatic carbocycles. The quantitative estimate of drug-likeness (QED) is 0.438. The Balaban J connectivity index is 1.82. The first-order chi connectivity index (χ1) is 12.2. The highest BCUT2D eigenvalue weighted by Gasteiger charge is 2.07. The molecule has 0 spiro atoms. The second kappa shape index (κ2) is 10.3. The van der Waals surface area contributed by atoms with Crippen LogP contribution >= 0.6 is 0 Å². The topological polar surface area (TPSA) is 67.8 Å². The number of methoxy groups -OCH3 is 1. The van der Waals surface area contributed by atoms with Crippen LogP contribution in [0.3, 0.4) is 0 Å². The SMILES string of the molecule is CN=C(NCc1ccc(OCCOC)nc1)NC(C)c1ccccc1. The molecule has 0 saturated carbocycles. The first kappa shape index (κ1) is 18.7. The molecule has 25 heavy (non-hydrogen) atoms. The number of ether oxygens (including phenoxy) is 2. The molecule has 0 amide bonds. The van der Waals surface area contributed by atoms with E-state index in [2.05, 4.69) is 39.7 Å². The van der Waals surface area contributed by atoms with E-state index in [0.717, 1.165) is 11.5 Å². The molecule has 0 saturated heterocycles. The van der Waals surface area contributed by atoms with Crippen LogP contribution in [-0.2, 0) is 11.3 Å². The van der Waals surface area contributed by atoms with Gasteiger partial charge in [0.25, 0.3) is 0 Å². The minimum Gasteiger partial charge on any atom is -0.475 e. The Morgan fingerprint density at radius 3 is 2.60 bits per heavy atom. The molecular weight excluding hydrogens is 316 g/mol. The summed E-state index contributed by atoms with van der Waals surface area (Å²) in [5, 5.41) is 6.68. The number of guanidine groups is 1. The molecule has 0 bridgehead atoms. The van der Waals surface area contributed by atoms with Crippen LogP contribution in [0.25, 0.3) is 0 Å². The van der Waals surface area contributed by atoms with Gasteiger partial charge in [0, 0.05) is 33.0 Å². The summed E-state index contributed by atoms with van der Waals surface area (Å²) in [6.45, 7) is 3.78. The molecule has 0 aliphatic carbocycles. The Morgan fingerprint density at radius 1 is 1.16 bits per heavy atom. The van der Waals surface area contributed by atoms with Crippen molar-refractivity contribution in [3.05, 3.63) is 59.8 Å². The molecule has 1 aromatic heterocycles. The fourth-order valence-corrected chi connectivity index (χ4v) is 2.24. The molecule has 0 aliphatic heterocycles. The molecule has 134 valence electrons. The average Bonchev–Trinajstić information content (AvgIpc) is 2.67. The molecule has 6 nitrogen and oxygen atoms in total. The number of aromatic nitrogens is 1. The number of nitrogens with one attached hydrogen (secondary N) is 2. The molecule has 0 radical (unpaired) electrons. The van der Waals surface area contributed by atoms with E-state index in [-0.39, 0.29) is 6.04 Å². The molecule has 6 heteroatoms. The van der Waals surface area contributed by atoms with Crippen molar-refractivity contribution in [2.45, 2.75) is 19.5 Å². The predicted octanol–water partition coefficient (Wildman–Crippen LogP) is 2.53. The summed E-state index contributed by atoms with van der Waals surface area (Å²) in [4.78, 5) is 8.56. The second-order valence-corrected chi connectivity index (χ2v) is 5.55. The number of nitrogens with zero attached hydrogens (tertiary/aromatic N) is 2. The van der Waals surface area contributed by atoms with E-state index in [9.17, 15) is 0 Å². The molecule has 1 heterocycles. The zero-order valence-electron chi connectivity index (χ0n) is 15.0. The van der Waals surface area contributed by atoms with Gasteiger partial charge in [-0.1, -0.05) is 36.4 Å². The van der Waals surface area contributed by atoms with E-state index >= 15 is 0 Å². The summed E-state index contributed by atoms with van der Waals surface area (Å²) in [5.41, 5.74) is 2.26. The van der Waals surface area contributed by atoms with Gasteiger partial charge in [0.1, 0.15) is 6.61 Å². The maximum absolute atomic E-state index is 5.46. The monoisotopic (exact) mass is 342 g/mol. The Morgan fingerprint density at radius 2 is 1.96 bits per heavy atom. The van der Waals surface area contributed by atoms with Gasteiger partial charge in [0.2, 0.25) is 5.88 Å². The molecule has 0 aliphatic rings. The van der Waals surface area contributed by atoms with Crippen molar-refractivity contribution in [1.29, 1.82) is 0 Å². The van der Waals surface area contributed by atoms with E-state index in [4.69, 9.17) is 9.47 Å². The van der Waals surface area contributed by atoms with Gasteiger partial charge in [-0.05, 0) is 18.1 Å². The predicted molar refractivity (Wildman–Crippen MR) is 99.8 cm³/mol. The number of hydrogen-bond donors (Lipinski definition) is 2. The van der Waals surface area contributed by atoms with Crippen molar-refractivity contribution in [3.63, 3.8) is 0 Å². The standard InChI is InChI=1S/C19H26N4O2/c1-15(17-7-5-4-6-8-17)23-19(20-2)22-14-16-9-10-18(21-13-16)25-12-11-24-3/h4-10,13,15H,11-12,14H2,1-3H3,(H2,20,22,23). The van der Waals surface area contributed by atoms with Gasteiger partial charge in [-0.25, -0.2) is 4.98 Å². The zero-order valence-corrected chi connectivity index (χ0v) is 15.0. The van der Waals surface area contributed by atoms with Crippen LogP contribution in [0.2, 0.25) is 0 Å². The number of rotatable bonds is 8. The lowest BCUT2D eigenvalue weighted by Crippen LogP contribution is -2.38. The lowest BCUT2D eigenvalue weighted by molar-refractivity contribution is 0.143. The maximum atomic E-state index is 5.46. The number of hydrogen-bond acceptors (Lipinski definition) is 4. The van der Waals surface area contributed by atoms with E-state index < -0.39 is 0 Å². The van der Waals surface area contributed by atoms with Crippen molar-refractivity contribution in [2.24, 2.45) is 4.99 Å². The highest BCUT2D eigenvalue weighted by Crippen LogP contribution is 2.11. The van der Waals surface area contributed by atoms with Crippen LogP contribution in [0.4, 0.5) is 0 Å². The third-order valence-electron chi connectivity index (χ3n) is 3.67. The zero-order chi connectivity index (χ0) is 17.9. The maximum Gasteiger partial charge on any atom is 0.213 e. The van der Waals surface area contributed by atoms with Crippen LogP contribution in [0.15, 0.2) is 53.7 Å². The normalized spacial score (nSPS) is 12.5. The van der Waals surface area contributed by atoms with Crippen LogP contribution in [0.1, 0.15) is 24.1 Å². The van der Waals surface area contributed by atoms with Gasteiger partial charge in [0.15, 0.2) is 5.96 Å². The minimum absolute atomic E-state index is 0.169. The van der Waals surface area contributed by atoms with Crippen molar-refractivity contribution < 1.29 is 9.47 Å².